The van der Waals surface area contributed by atoms with Gasteiger partial charge < -0.3 is 10.1 Å². The smallest absolute Gasteiger partial charge is 0.258 e. The lowest BCUT2D eigenvalue weighted by Crippen LogP contribution is -2.43. The Labute approximate surface area is 138 Å². The van der Waals surface area contributed by atoms with Gasteiger partial charge >= 0.3 is 0 Å². The van der Waals surface area contributed by atoms with E-state index in [0.29, 0.717) is 12.5 Å². The molecule has 6 heteroatoms. The van der Waals surface area contributed by atoms with Crippen LogP contribution in [-0.4, -0.2) is 24.3 Å². The molecule has 0 bridgehead atoms. The van der Waals surface area contributed by atoms with Crippen LogP contribution in [0.1, 0.15) is 12.5 Å². The largest absolute Gasteiger partial charge is 0.481 e. The summed E-state index contributed by atoms with van der Waals surface area (Å²) in [7, 11) is 0. The van der Waals surface area contributed by atoms with E-state index in [9.17, 15) is 18.4 Å². The van der Waals surface area contributed by atoms with E-state index in [0.717, 1.165) is 17.7 Å². The monoisotopic (exact) mass is 333 g/mol. The van der Waals surface area contributed by atoms with Gasteiger partial charge in [0.25, 0.3) is 5.91 Å². The zero-order valence-electron chi connectivity index (χ0n) is 13.1. The number of rotatable bonds is 7. The average molecular weight is 333 g/mol. The van der Waals surface area contributed by atoms with E-state index in [1.807, 2.05) is 30.3 Å². The van der Waals surface area contributed by atoms with Crippen molar-refractivity contribution in [2.24, 2.45) is 0 Å². The minimum absolute atomic E-state index is 0.194. The highest BCUT2D eigenvalue weighted by atomic mass is 19.1. The van der Waals surface area contributed by atoms with Crippen LogP contribution in [0.4, 0.5) is 8.78 Å². The first-order chi connectivity index (χ1) is 11.5. The van der Waals surface area contributed by atoms with E-state index < -0.39 is 30.2 Å². The molecular weight excluding hydrogens is 316 g/mol. The second-order valence-corrected chi connectivity index (χ2v) is 5.28. The van der Waals surface area contributed by atoms with Gasteiger partial charge in [0, 0.05) is 6.07 Å². The van der Waals surface area contributed by atoms with E-state index >= 15 is 0 Å². The fourth-order valence-corrected chi connectivity index (χ4v) is 2.12. The first-order valence-corrected chi connectivity index (χ1v) is 7.37. The summed E-state index contributed by atoms with van der Waals surface area (Å²) < 4.78 is 31.2. The Hall–Kier alpha value is -2.76. The Kier molecular flexibility index (Phi) is 6.01. The molecule has 0 aliphatic rings. The first-order valence-electron chi connectivity index (χ1n) is 7.37. The zero-order chi connectivity index (χ0) is 17.5. The third-order valence-electron chi connectivity index (χ3n) is 3.36. The van der Waals surface area contributed by atoms with Crippen molar-refractivity contribution in [3.05, 3.63) is 65.7 Å². The van der Waals surface area contributed by atoms with Gasteiger partial charge in [0.1, 0.15) is 5.82 Å². The van der Waals surface area contributed by atoms with Crippen molar-refractivity contribution in [1.29, 1.82) is 0 Å². The summed E-state index contributed by atoms with van der Waals surface area (Å²) in [5, 5.41) is 2.56. The molecule has 2 aromatic rings. The summed E-state index contributed by atoms with van der Waals surface area (Å²) in [6, 6.07) is 11.4. The highest BCUT2D eigenvalue weighted by molar-refractivity contribution is 5.88. The van der Waals surface area contributed by atoms with Gasteiger partial charge in [-0.1, -0.05) is 30.3 Å². The van der Waals surface area contributed by atoms with Crippen LogP contribution in [0.2, 0.25) is 0 Å². The topological polar surface area (TPSA) is 55.4 Å². The molecule has 1 N–H and O–H groups in total. The van der Waals surface area contributed by atoms with Crippen molar-refractivity contribution < 1.29 is 23.1 Å². The Morgan fingerprint density at radius 3 is 2.46 bits per heavy atom. The molecule has 0 saturated heterocycles. The van der Waals surface area contributed by atoms with Crippen LogP contribution in [0, 0.1) is 11.6 Å². The number of ether oxygens (including phenoxy) is 1. The molecule has 4 nitrogen and oxygen atoms in total. The predicted octanol–water partition coefficient (Wildman–Crippen LogP) is 2.66. The molecule has 0 fully saturated rings. The summed E-state index contributed by atoms with van der Waals surface area (Å²) in [5.41, 5.74) is 0.906. The maximum atomic E-state index is 13.4. The number of hydrogen-bond donors (Lipinski definition) is 1. The molecule has 0 aliphatic heterocycles. The molecule has 0 heterocycles. The van der Waals surface area contributed by atoms with Crippen LogP contribution < -0.4 is 10.1 Å². The lowest BCUT2D eigenvalue weighted by Gasteiger charge is -2.16. The van der Waals surface area contributed by atoms with Crippen molar-refractivity contribution in [3.63, 3.8) is 0 Å². The highest BCUT2D eigenvalue weighted by Crippen LogP contribution is 2.17. The van der Waals surface area contributed by atoms with Gasteiger partial charge in [0.2, 0.25) is 0 Å². The van der Waals surface area contributed by atoms with E-state index in [1.165, 1.54) is 6.92 Å². The van der Waals surface area contributed by atoms with Gasteiger partial charge in [-0.25, -0.2) is 8.78 Å². The molecule has 1 atom stereocenters. The van der Waals surface area contributed by atoms with Crippen molar-refractivity contribution in [1.82, 2.24) is 5.32 Å². The number of Topliss-reactive ketones (excluding diaryl/α,β-unsaturated/α-hetero) is 1. The summed E-state index contributed by atoms with van der Waals surface area (Å²) in [6.07, 6.45) is 0.354. The first kappa shape index (κ1) is 17.6. The van der Waals surface area contributed by atoms with Crippen molar-refractivity contribution in [2.45, 2.75) is 19.4 Å². The Morgan fingerprint density at radius 1 is 1.12 bits per heavy atom. The fourth-order valence-electron chi connectivity index (χ4n) is 2.12. The summed E-state index contributed by atoms with van der Waals surface area (Å²) >= 11 is 0. The SMILES string of the molecule is CC(=O)C(Cc1ccccc1)NC(=O)COc1ccc(F)cc1F. The van der Waals surface area contributed by atoms with Crippen molar-refractivity contribution in [2.75, 3.05) is 6.61 Å². The van der Waals surface area contributed by atoms with Crippen LogP contribution in [0.25, 0.3) is 0 Å². The Morgan fingerprint density at radius 2 is 1.83 bits per heavy atom. The lowest BCUT2D eigenvalue weighted by molar-refractivity contribution is -0.128. The molecule has 0 aromatic heterocycles. The summed E-state index contributed by atoms with van der Waals surface area (Å²) in [4.78, 5) is 23.6. The third-order valence-corrected chi connectivity index (χ3v) is 3.36. The number of carbonyl (C=O) groups excluding carboxylic acids is 2. The second kappa shape index (κ2) is 8.19. The van der Waals surface area contributed by atoms with E-state index in [1.54, 1.807) is 0 Å². The van der Waals surface area contributed by atoms with Gasteiger partial charge in [-0.3, -0.25) is 9.59 Å². The van der Waals surface area contributed by atoms with Gasteiger partial charge in [-0.2, -0.15) is 0 Å². The third kappa shape index (κ3) is 5.15. The Balaban J connectivity index is 1.92. The number of amides is 1. The Bertz CT molecular complexity index is 719. The minimum Gasteiger partial charge on any atom is -0.481 e. The number of benzene rings is 2. The fraction of sp³-hybridized carbons (Fsp3) is 0.222. The number of halogens is 2. The van der Waals surface area contributed by atoms with E-state index in [2.05, 4.69) is 5.32 Å². The molecule has 0 spiro atoms. The van der Waals surface area contributed by atoms with Crippen LogP contribution in [0.3, 0.4) is 0 Å². The number of ketones is 1. The predicted molar refractivity (Wildman–Crippen MR) is 84.6 cm³/mol. The van der Waals surface area contributed by atoms with Crippen LogP contribution >= 0.6 is 0 Å². The van der Waals surface area contributed by atoms with Gasteiger partial charge in [0.15, 0.2) is 24.0 Å². The van der Waals surface area contributed by atoms with Gasteiger partial charge in [0.05, 0.1) is 6.04 Å². The molecule has 1 amide bonds. The summed E-state index contributed by atoms with van der Waals surface area (Å²) in [5.74, 6) is -2.61. The highest BCUT2D eigenvalue weighted by Gasteiger charge is 2.18. The van der Waals surface area contributed by atoms with Crippen LogP contribution in [0.5, 0.6) is 5.75 Å². The molecule has 0 aliphatic carbocycles. The van der Waals surface area contributed by atoms with E-state index in [-0.39, 0.29) is 11.5 Å². The molecular formula is C18H17F2NO3. The summed E-state index contributed by atoms with van der Waals surface area (Å²) in [6.45, 7) is 0.912. The molecule has 2 aromatic carbocycles. The van der Waals surface area contributed by atoms with Crippen molar-refractivity contribution in [3.8, 4) is 5.75 Å². The standard InChI is InChI=1S/C18H17F2NO3/c1-12(22)16(9-13-5-3-2-4-6-13)21-18(23)11-24-17-8-7-14(19)10-15(17)20/h2-8,10,16H,9,11H2,1H3,(H,21,23). The lowest BCUT2D eigenvalue weighted by atomic mass is 10.0. The molecule has 1 unspecified atom stereocenters. The maximum Gasteiger partial charge on any atom is 0.258 e. The number of nitrogens with one attached hydrogen (secondary N) is 1. The molecule has 0 radical (unpaired) electrons. The van der Waals surface area contributed by atoms with Gasteiger partial charge in [-0.15, -0.1) is 0 Å². The second-order valence-electron chi connectivity index (χ2n) is 5.28. The van der Waals surface area contributed by atoms with E-state index in [4.69, 9.17) is 4.74 Å². The normalized spacial score (nSPS) is 11.6. The maximum absolute atomic E-state index is 13.4. The molecule has 24 heavy (non-hydrogen) atoms. The quantitative estimate of drug-likeness (QED) is 0.847. The van der Waals surface area contributed by atoms with Crippen LogP contribution in [0.15, 0.2) is 48.5 Å². The zero-order valence-corrected chi connectivity index (χ0v) is 13.1. The number of carbonyl (C=O) groups is 2. The molecule has 2 rings (SSSR count). The minimum atomic E-state index is -0.893. The van der Waals surface area contributed by atoms with Crippen molar-refractivity contribution >= 4 is 11.7 Å². The van der Waals surface area contributed by atoms with Gasteiger partial charge in [-0.05, 0) is 31.0 Å². The molecule has 126 valence electrons. The number of hydrogen-bond acceptors (Lipinski definition) is 3. The average Bonchev–Trinajstić information content (AvgIpc) is 2.54. The molecule has 0 saturated carbocycles. The van der Waals surface area contributed by atoms with Crippen LogP contribution in [-0.2, 0) is 16.0 Å².